The van der Waals surface area contributed by atoms with E-state index in [0.29, 0.717) is 17.8 Å². The molecule has 1 aromatic rings. The summed E-state index contributed by atoms with van der Waals surface area (Å²) >= 11 is 0. The lowest BCUT2D eigenvalue weighted by Gasteiger charge is -2.01. The average Bonchev–Trinajstić information content (AvgIpc) is 2.67. The summed E-state index contributed by atoms with van der Waals surface area (Å²) in [5.74, 6) is 1.89. The van der Waals surface area contributed by atoms with Crippen molar-refractivity contribution in [1.29, 1.82) is 0 Å². The van der Waals surface area contributed by atoms with Crippen LogP contribution < -0.4 is 4.74 Å². The summed E-state index contributed by atoms with van der Waals surface area (Å²) in [6.45, 7) is 0. The topological polar surface area (TPSA) is 29.5 Å². The van der Waals surface area contributed by atoms with Crippen LogP contribution >= 0.6 is 0 Å². The van der Waals surface area contributed by atoms with Gasteiger partial charge in [-0.2, -0.15) is 0 Å². The van der Waals surface area contributed by atoms with Crippen molar-refractivity contribution in [3.63, 3.8) is 0 Å². The summed E-state index contributed by atoms with van der Waals surface area (Å²) in [6, 6.07) is 5.33. The van der Waals surface area contributed by atoms with Crippen LogP contribution in [0.5, 0.6) is 11.5 Å². The number of fused-ring (bicyclic) bond motifs is 3. The van der Waals surface area contributed by atoms with E-state index in [2.05, 4.69) is 0 Å². The molecule has 1 aliphatic heterocycles. The quantitative estimate of drug-likeness (QED) is 0.606. The van der Waals surface area contributed by atoms with Crippen molar-refractivity contribution in [2.24, 2.45) is 0 Å². The third-order valence-corrected chi connectivity index (χ3v) is 2.40. The van der Waals surface area contributed by atoms with Crippen molar-refractivity contribution >= 4 is 0 Å². The molecule has 0 radical (unpaired) electrons. The highest BCUT2D eigenvalue weighted by molar-refractivity contribution is 5.49. The standard InChI is InChI=1S/C9H8O2/c10-5-1-2-8-6(3-5)7-4-9(7)11-8/h1-3,7,9-10H,4H2. The van der Waals surface area contributed by atoms with Gasteiger partial charge in [-0.25, -0.2) is 0 Å². The van der Waals surface area contributed by atoms with Gasteiger partial charge in [0.1, 0.15) is 17.6 Å². The van der Waals surface area contributed by atoms with Crippen molar-refractivity contribution in [1.82, 2.24) is 0 Å². The minimum atomic E-state index is 0.347. The van der Waals surface area contributed by atoms with Crippen molar-refractivity contribution in [3.05, 3.63) is 23.8 Å². The molecule has 1 heterocycles. The Labute approximate surface area is 64.4 Å². The molecule has 2 unspecified atom stereocenters. The second kappa shape index (κ2) is 1.52. The highest BCUT2D eigenvalue weighted by atomic mass is 16.5. The van der Waals surface area contributed by atoms with Crippen molar-refractivity contribution < 1.29 is 9.84 Å². The predicted molar refractivity (Wildman–Crippen MR) is 39.9 cm³/mol. The molecule has 0 spiro atoms. The zero-order valence-corrected chi connectivity index (χ0v) is 5.95. The van der Waals surface area contributed by atoms with Crippen LogP contribution in [0.15, 0.2) is 18.2 Å². The summed E-state index contributed by atoms with van der Waals surface area (Å²) < 4.78 is 5.52. The number of ether oxygens (including phenoxy) is 1. The molecule has 1 aromatic carbocycles. The largest absolute Gasteiger partial charge is 0.508 e. The Morgan fingerprint density at radius 2 is 2.36 bits per heavy atom. The maximum absolute atomic E-state index is 9.18. The molecule has 1 saturated carbocycles. The molecule has 3 rings (SSSR count). The van der Waals surface area contributed by atoms with Gasteiger partial charge in [0.05, 0.1) is 0 Å². The molecule has 1 fully saturated rings. The van der Waals surface area contributed by atoms with E-state index in [4.69, 9.17) is 4.74 Å². The molecule has 1 aliphatic carbocycles. The molecule has 0 saturated heterocycles. The zero-order valence-electron chi connectivity index (χ0n) is 5.95. The summed E-state index contributed by atoms with van der Waals surface area (Å²) in [7, 11) is 0. The van der Waals surface area contributed by atoms with Gasteiger partial charge in [-0.1, -0.05) is 0 Å². The van der Waals surface area contributed by atoms with Crippen LogP contribution in [0.2, 0.25) is 0 Å². The molecule has 0 aromatic heterocycles. The Kier molecular flexibility index (Phi) is 0.757. The maximum atomic E-state index is 9.18. The van der Waals surface area contributed by atoms with E-state index < -0.39 is 0 Å². The van der Waals surface area contributed by atoms with Crippen molar-refractivity contribution in [3.8, 4) is 11.5 Å². The first-order valence-electron chi connectivity index (χ1n) is 3.84. The number of hydrogen-bond donors (Lipinski definition) is 1. The van der Waals surface area contributed by atoms with E-state index in [1.54, 1.807) is 6.07 Å². The molecule has 11 heavy (non-hydrogen) atoms. The van der Waals surface area contributed by atoms with Gasteiger partial charge in [-0.15, -0.1) is 0 Å². The van der Waals surface area contributed by atoms with Crippen molar-refractivity contribution in [2.75, 3.05) is 0 Å². The molecule has 2 heteroatoms. The number of rotatable bonds is 0. The van der Waals surface area contributed by atoms with Gasteiger partial charge < -0.3 is 9.84 Å². The third-order valence-electron chi connectivity index (χ3n) is 2.40. The lowest BCUT2D eigenvalue weighted by atomic mass is 10.1. The molecule has 0 bridgehead atoms. The Bertz CT molecular complexity index is 319. The van der Waals surface area contributed by atoms with E-state index in [1.807, 2.05) is 12.1 Å². The van der Waals surface area contributed by atoms with Gasteiger partial charge in [0.2, 0.25) is 0 Å². The SMILES string of the molecule is Oc1ccc2c(c1)C1CC1O2. The van der Waals surface area contributed by atoms with Crippen LogP contribution in [0, 0.1) is 0 Å². The molecule has 2 atom stereocenters. The molecule has 1 N–H and O–H groups in total. The van der Waals surface area contributed by atoms with Gasteiger partial charge >= 0.3 is 0 Å². The van der Waals surface area contributed by atoms with E-state index in [1.165, 1.54) is 5.56 Å². The second-order valence-electron chi connectivity index (χ2n) is 3.22. The molecular formula is C9H8O2. The van der Waals surface area contributed by atoms with Gasteiger partial charge in [0.25, 0.3) is 0 Å². The lowest BCUT2D eigenvalue weighted by molar-refractivity contribution is 0.318. The molecule has 2 aliphatic rings. The lowest BCUT2D eigenvalue weighted by Crippen LogP contribution is -1.90. The van der Waals surface area contributed by atoms with Crippen LogP contribution in [0.3, 0.4) is 0 Å². The zero-order chi connectivity index (χ0) is 7.42. The fourth-order valence-corrected chi connectivity index (χ4v) is 1.73. The van der Waals surface area contributed by atoms with E-state index in [0.717, 1.165) is 12.2 Å². The van der Waals surface area contributed by atoms with Crippen LogP contribution in [0.4, 0.5) is 0 Å². The predicted octanol–water partition coefficient (Wildman–Crippen LogP) is 1.64. The number of phenols is 1. The monoisotopic (exact) mass is 148 g/mol. The fourth-order valence-electron chi connectivity index (χ4n) is 1.73. The Morgan fingerprint density at radius 3 is 3.27 bits per heavy atom. The number of aromatic hydroxyl groups is 1. The van der Waals surface area contributed by atoms with Crippen molar-refractivity contribution in [2.45, 2.75) is 18.4 Å². The first kappa shape index (κ1) is 5.47. The van der Waals surface area contributed by atoms with Crippen LogP contribution in [0.25, 0.3) is 0 Å². The van der Waals surface area contributed by atoms with E-state index in [9.17, 15) is 5.11 Å². The molecule has 2 nitrogen and oxygen atoms in total. The minimum absolute atomic E-state index is 0.347. The number of hydrogen-bond acceptors (Lipinski definition) is 2. The summed E-state index contributed by atoms with van der Waals surface area (Å²) in [5.41, 5.74) is 1.19. The fraction of sp³-hybridized carbons (Fsp3) is 0.333. The normalized spacial score (nSPS) is 30.5. The van der Waals surface area contributed by atoms with Gasteiger partial charge in [-0.05, 0) is 24.6 Å². The Hall–Kier alpha value is -1.18. The average molecular weight is 148 g/mol. The molecular weight excluding hydrogens is 140 g/mol. The molecule has 0 amide bonds. The first-order chi connectivity index (χ1) is 5.34. The second-order valence-corrected chi connectivity index (χ2v) is 3.22. The van der Waals surface area contributed by atoms with Crippen LogP contribution in [-0.4, -0.2) is 11.2 Å². The number of phenolic OH excluding ortho intramolecular Hbond substituents is 1. The van der Waals surface area contributed by atoms with E-state index in [-0.39, 0.29) is 0 Å². The van der Waals surface area contributed by atoms with E-state index >= 15 is 0 Å². The number of benzene rings is 1. The van der Waals surface area contributed by atoms with Gasteiger partial charge in [0.15, 0.2) is 0 Å². The minimum Gasteiger partial charge on any atom is -0.508 e. The van der Waals surface area contributed by atoms with Crippen LogP contribution in [0.1, 0.15) is 17.9 Å². The molecule has 56 valence electrons. The summed E-state index contributed by atoms with van der Waals surface area (Å²) in [5, 5.41) is 9.18. The third kappa shape index (κ3) is 0.615. The van der Waals surface area contributed by atoms with Gasteiger partial charge in [-0.3, -0.25) is 0 Å². The highest BCUT2D eigenvalue weighted by Gasteiger charge is 2.47. The van der Waals surface area contributed by atoms with Crippen LogP contribution in [-0.2, 0) is 0 Å². The van der Waals surface area contributed by atoms with Gasteiger partial charge in [0, 0.05) is 11.5 Å². The first-order valence-corrected chi connectivity index (χ1v) is 3.84. The highest BCUT2D eigenvalue weighted by Crippen LogP contribution is 2.53. The summed E-state index contributed by atoms with van der Waals surface area (Å²) in [4.78, 5) is 0. The maximum Gasteiger partial charge on any atom is 0.123 e. The smallest absolute Gasteiger partial charge is 0.123 e. The Morgan fingerprint density at radius 1 is 1.45 bits per heavy atom. The Balaban J connectivity index is 2.20. The summed E-state index contributed by atoms with van der Waals surface area (Å²) in [6.07, 6.45) is 1.56.